The molecule has 0 atom stereocenters. The van der Waals surface area contributed by atoms with Crippen molar-refractivity contribution in [2.75, 3.05) is 0 Å². The van der Waals surface area contributed by atoms with Crippen LogP contribution in [0.4, 0.5) is 4.39 Å². The number of rotatable bonds is 6. The van der Waals surface area contributed by atoms with E-state index in [-0.39, 0.29) is 23.9 Å². The number of hydrogen-bond acceptors (Lipinski definition) is 4. The first-order chi connectivity index (χ1) is 12.1. The van der Waals surface area contributed by atoms with E-state index in [4.69, 9.17) is 16.0 Å². The summed E-state index contributed by atoms with van der Waals surface area (Å²) in [6, 6.07) is 8.07. The van der Waals surface area contributed by atoms with Crippen LogP contribution in [0, 0.1) is 5.82 Å². The van der Waals surface area contributed by atoms with E-state index < -0.39 is 5.82 Å². The third-order valence-electron chi connectivity index (χ3n) is 3.61. The lowest BCUT2D eigenvalue weighted by molar-refractivity contribution is -0.121. The number of halogens is 2. The van der Waals surface area contributed by atoms with Gasteiger partial charge in [-0.25, -0.2) is 9.37 Å². The number of nitrogens with one attached hydrogen (secondary N) is 1. The molecular formula is C18H15ClFN3O2. The van der Waals surface area contributed by atoms with Gasteiger partial charge in [-0.15, -0.1) is 0 Å². The fourth-order valence-corrected chi connectivity index (χ4v) is 2.46. The van der Waals surface area contributed by atoms with Gasteiger partial charge >= 0.3 is 0 Å². The highest BCUT2D eigenvalue weighted by atomic mass is 35.5. The van der Waals surface area contributed by atoms with Crippen molar-refractivity contribution in [2.45, 2.75) is 19.4 Å². The van der Waals surface area contributed by atoms with E-state index in [0.29, 0.717) is 29.1 Å². The molecule has 0 fully saturated rings. The second kappa shape index (κ2) is 7.90. The van der Waals surface area contributed by atoms with Gasteiger partial charge < -0.3 is 9.73 Å². The fraction of sp³-hybridized carbons (Fsp3) is 0.167. The number of benzene rings is 1. The van der Waals surface area contributed by atoms with Crippen molar-refractivity contribution in [3.63, 3.8) is 0 Å². The summed E-state index contributed by atoms with van der Waals surface area (Å²) in [5.74, 6) is -0.0531. The largest absolute Gasteiger partial charge is 0.463 e. The van der Waals surface area contributed by atoms with Gasteiger partial charge in [0.15, 0.2) is 5.76 Å². The Labute approximate surface area is 148 Å². The summed E-state index contributed by atoms with van der Waals surface area (Å²) < 4.78 is 18.7. The van der Waals surface area contributed by atoms with Crippen molar-refractivity contribution in [3.05, 3.63) is 71.1 Å². The van der Waals surface area contributed by atoms with Crippen molar-refractivity contribution < 1.29 is 13.6 Å². The maximum absolute atomic E-state index is 13.4. The number of carbonyl (C=O) groups is 1. The molecule has 2 heterocycles. The zero-order valence-electron chi connectivity index (χ0n) is 13.2. The Bertz CT molecular complexity index is 869. The minimum absolute atomic E-state index is 0.0707. The summed E-state index contributed by atoms with van der Waals surface area (Å²) in [7, 11) is 0. The molecule has 0 saturated carbocycles. The molecule has 0 aliphatic carbocycles. The molecule has 3 rings (SSSR count). The summed E-state index contributed by atoms with van der Waals surface area (Å²) in [5, 5.41) is 2.87. The fourth-order valence-electron chi connectivity index (χ4n) is 2.34. The van der Waals surface area contributed by atoms with E-state index in [1.54, 1.807) is 36.9 Å². The van der Waals surface area contributed by atoms with Crippen molar-refractivity contribution in [1.29, 1.82) is 0 Å². The molecule has 5 nitrogen and oxygen atoms in total. The molecule has 7 heteroatoms. The molecule has 1 amide bonds. The minimum atomic E-state index is -0.484. The van der Waals surface area contributed by atoms with Gasteiger partial charge in [0.25, 0.3) is 0 Å². The number of amides is 1. The number of furan rings is 1. The molecule has 0 spiro atoms. The predicted molar refractivity (Wildman–Crippen MR) is 91.3 cm³/mol. The van der Waals surface area contributed by atoms with Crippen LogP contribution in [-0.2, 0) is 17.8 Å². The topological polar surface area (TPSA) is 68.0 Å². The molecule has 0 bridgehead atoms. The van der Waals surface area contributed by atoms with E-state index in [9.17, 15) is 9.18 Å². The SMILES string of the molecule is O=C(CCc1ccc(Cl)c(F)c1)NCc1nccnc1-c1ccco1. The Hall–Kier alpha value is -2.73. The molecule has 1 aromatic carbocycles. The standard InChI is InChI=1S/C18H15ClFN3O2/c19-13-5-3-12(10-14(13)20)4-6-17(24)23-11-15-18(22-8-7-21-15)16-2-1-9-25-16/h1-3,5,7-10H,4,6,11H2,(H,23,24). The second-order valence-electron chi connectivity index (χ2n) is 5.35. The van der Waals surface area contributed by atoms with Crippen molar-refractivity contribution in [3.8, 4) is 11.5 Å². The summed E-state index contributed by atoms with van der Waals surface area (Å²) >= 11 is 5.64. The number of nitrogens with zero attached hydrogens (tertiary/aromatic N) is 2. The number of aryl methyl sites for hydroxylation is 1. The molecule has 25 heavy (non-hydrogen) atoms. The first kappa shape index (κ1) is 17.1. The van der Waals surface area contributed by atoms with Crippen molar-refractivity contribution in [1.82, 2.24) is 15.3 Å². The normalized spacial score (nSPS) is 10.6. The van der Waals surface area contributed by atoms with Crippen LogP contribution in [0.25, 0.3) is 11.5 Å². The van der Waals surface area contributed by atoms with Crippen LogP contribution in [0.3, 0.4) is 0 Å². The van der Waals surface area contributed by atoms with Gasteiger partial charge in [-0.3, -0.25) is 9.78 Å². The number of hydrogen-bond donors (Lipinski definition) is 1. The van der Waals surface area contributed by atoms with E-state index in [0.717, 1.165) is 0 Å². The molecule has 0 unspecified atom stereocenters. The predicted octanol–water partition coefficient (Wildman–Crippen LogP) is 3.78. The van der Waals surface area contributed by atoms with Gasteiger partial charge in [0, 0.05) is 18.8 Å². The Morgan fingerprint density at radius 2 is 2.08 bits per heavy atom. The van der Waals surface area contributed by atoms with Crippen LogP contribution in [0.1, 0.15) is 17.7 Å². The molecular weight excluding hydrogens is 345 g/mol. The summed E-state index contributed by atoms with van der Waals surface area (Å²) in [6.07, 6.45) is 5.34. The molecule has 2 aromatic heterocycles. The molecule has 3 aromatic rings. The van der Waals surface area contributed by atoms with Crippen molar-refractivity contribution in [2.24, 2.45) is 0 Å². The Morgan fingerprint density at radius 1 is 1.24 bits per heavy atom. The Balaban J connectivity index is 1.57. The zero-order chi connectivity index (χ0) is 17.6. The molecule has 0 saturated heterocycles. The molecule has 0 aliphatic rings. The average molecular weight is 360 g/mol. The highest BCUT2D eigenvalue weighted by Crippen LogP contribution is 2.20. The van der Waals surface area contributed by atoms with Gasteiger partial charge in [-0.05, 0) is 36.2 Å². The maximum atomic E-state index is 13.4. The average Bonchev–Trinajstić information content (AvgIpc) is 3.15. The lowest BCUT2D eigenvalue weighted by atomic mass is 10.1. The van der Waals surface area contributed by atoms with Gasteiger partial charge in [-0.1, -0.05) is 17.7 Å². The number of aromatic nitrogens is 2. The quantitative estimate of drug-likeness (QED) is 0.727. The van der Waals surface area contributed by atoms with Gasteiger partial charge in [0.1, 0.15) is 11.5 Å². The van der Waals surface area contributed by atoms with E-state index in [1.807, 2.05) is 0 Å². The smallest absolute Gasteiger partial charge is 0.220 e. The summed E-state index contributed by atoms with van der Waals surface area (Å²) in [5.41, 5.74) is 1.92. The van der Waals surface area contributed by atoms with Gasteiger partial charge in [0.2, 0.25) is 5.91 Å². The van der Waals surface area contributed by atoms with Gasteiger partial charge in [-0.2, -0.15) is 0 Å². The third kappa shape index (κ3) is 4.42. The molecule has 128 valence electrons. The van der Waals surface area contributed by atoms with E-state index in [1.165, 1.54) is 12.1 Å². The minimum Gasteiger partial charge on any atom is -0.463 e. The van der Waals surface area contributed by atoms with Crippen LogP contribution in [0.2, 0.25) is 5.02 Å². The van der Waals surface area contributed by atoms with Crippen LogP contribution in [-0.4, -0.2) is 15.9 Å². The lowest BCUT2D eigenvalue weighted by Crippen LogP contribution is -2.24. The van der Waals surface area contributed by atoms with Crippen LogP contribution in [0.15, 0.2) is 53.4 Å². The van der Waals surface area contributed by atoms with Crippen LogP contribution < -0.4 is 5.32 Å². The maximum Gasteiger partial charge on any atom is 0.220 e. The van der Waals surface area contributed by atoms with Crippen LogP contribution in [0.5, 0.6) is 0 Å². The molecule has 0 radical (unpaired) electrons. The Morgan fingerprint density at radius 3 is 2.84 bits per heavy atom. The van der Waals surface area contributed by atoms with Crippen molar-refractivity contribution >= 4 is 17.5 Å². The third-order valence-corrected chi connectivity index (χ3v) is 3.91. The molecule has 0 aliphatic heterocycles. The Kier molecular flexibility index (Phi) is 5.40. The number of carbonyl (C=O) groups excluding carboxylic acids is 1. The highest BCUT2D eigenvalue weighted by molar-refractivity contribution is 6.30. The molecule has 1 N–H and O–H groups in total. The lowest BCUT2D eigenvalue weighted by Gasteiger charge is -2.08. The second-order valence-corrected chi connectivity index (χ2v) is 5.76. The summed E-state index contributed by atoms with van der Waals surface area (Å²) in [4.78, 5) is 20.5. The first-order valence-electron chi connectivity index (χ1n) is 7.68. The zero-order valence-corrected chi connectivity index (χ0v) is 14.0. The van der Waals surface area contributed by atoms with E-state index >= 15 is 0 Å². The highest BCUT2D eigenvalue weighted by Gasteiger charge is 2.11. The van der Waals surface area contributed by atoms with E-state index in [2.05, 4.69) is 15.3 Å². The monoisotopic (exact) mass is 359 g/mol. The van der Waals surface area contributed by atoms with Crippen LogP contribution >= 0.6 is 11.6 Å². The summed E-state index contributed by atoms with van der Waals surface area (Å²) in [6.45, 7) is 0.234. The first-order valence-corrected chi connectivity index (χ1v) is 8.05. The van der Waals surface area contributed by atoms with Gasteiger partial charge in [0.05, 0.1) is 23.5 Å².